The molecule has 2 heterocycles. The van der Waals surface area contributed by atoms with Crippen LogP contribution in [0.5, 0.6) is 0 Å². The van der Waals surface area contributed by atoms with E-state index in [-0.39, 0.29) is 17.5 Å². The minimum Gasteiger partial charge on any atom is -0.381 e. The molecule has 0 aliphatic carbocycles. The summed E-state index contributed by atoms with van der Waals surface area (Å²) in [5.41, 5.74) is 1.40. The van der Waals surface area contributed by atoms with E-state index in [4.69, 9.17) is 4.74 Å². The highest BCUT2D eigenvalue weighted by Gasteiger charge is 2.21. The second-order valence-corrected chi connectivity index (χ2v) is 9.52. The molecule has 4 rings (SSSR count). The van der Waals surface area contributed by atoms with Crippen LogP contribution in [0.15, 0.2) is 69.4 Å². The van der Waals surface area contributed by atoms with Gasteiger partial charge >= 0.3 is 5.69 Å². The first kappa shape index (κ1) is 22.4. The van der Waals surface area contributed by atoms with Gasteiger partial charge in [0.15, 0.2) is 0 Å². The molecule has 0 atom stereocenters. The highest BCUT2D eigenvalue weighted by Crippen LogP contribution is 2.30. The molecule has 2 aromatic carbocycles. The maximum Gasteiger partial charge on any atom is 0.350 e. The Labute approximate surface area is 191 Å². The highest BCUT2D eigenvalue weighted by molar-refractivity contribution is 7.99. The second kappa shape index (κ2) is 10.2. The molecule has 1 saturated heterocycles. The van der Waals surface area contributed by atoms with E-state index < -0.39 is 0 Å². The molecule has 0 saturated carbocycles. The molecule has 1 aliphatic rings. The van der Waals surface area contributed by atoms with Crippen molar-refractivity contribution in [1.82, 2.24) is 14.3 Å². The minimum absolute atomic E-state index is 0.0139. The predicted molar refractivity (Wildman–Crippen MR) is 125 cm³/mol. The Hall–Kier alpha value is -2.84. The Bertz CT molecular complexity index is 1110. The molecular formula is C24H28N4O3S. The van der Waals surface area contributed by atoms with Crippen LogP contribution in [0.3, 0.4) is 0 Å². The number of hydrogen-bond acceptors (Lipinski definition) is 5. The summed E-state index contributed by atoms with van der Waals surface area (Å²) >= 11 is 1.60. The van der Waals surface area contributed by atoms with Crippen LogP contribution in [0.25, 0.3) is 5.69 Å². The van der Waals surface area contributed by atoms with Gasteiger partial charge < -0.3 is 10.1 Å². The van der Waals surface area contributed by atoms with Crippen molar-refractivity contribution in [3.05, 3.63) is 65.3 Å². The Balaban J connectivity index is 1.41. The average molecular weight is 453 g/mol. The van der Waals surface area contributed by atoms with Crippen LogP contribution in [0.4, 0.5) is 5.69 Å². The summed E-state index contributed by atoms with van der Waals surface area (Å²) in [5.74, 6) is 0.448. The standard InChI is InChI=1S/C24H28N4O3S/c1-17(2)15-27-16-25-28(24(27)30)20-6-8-21(9-7-20)32-22-5-3-4-19(14-22)26-23(29)18-10-12-31-13-11-18/h3-9,14,16-18H,10-13,15H2,1-2H3,(H,26,29). The Morgan fingerprint density at radius 2 is 1.91 bits per heavy atom. The van der Waals surface area contributed by atoms with E-state index in [0.29, 0.717) is 25.7 Å². The lowest BCUT2D eigenvalue weighted by atomic mass is 9.99. The summed E-state index contributed by atoms with van der Waals surface area (Å²) in [6.45, 7) is 6.08. The zero-order valence-corrected chi connectivity index (χ0v) is 19.2. The molecule has 1 aliphatic heterocycles. The molecule has 0 bridgehead atoms. The summed E-state index contributed by atoms with van der Waals surface area (Å²) in [6, 6.07) is 15.6. The predicted octanol–water partition coefficient (Wildman–Crippen LogP) is 4.21. The minimum atomic E-state index is -0.132. The lowest BCUT2D eigenvalue weighted by Crippen LogP contribution is -2.28. The fourth-order valence-electron chi connectivity index (χ4n) is 3.66. The number of aromatic nitrogens is 3. The van der Waals surface area contributed by atoms with Gasteiger partial charge in [-0.25, -0.2) is 4.79 Å². The van der Waals surface area contributed by atoms with Crippen LogP contribution in [0.1, 0.15) is 26.7 Å². The number of hydrogen-bond donors (Lipinski definition) is 1. The zero-order chi connectivity index (χ0) is 22.5. The first-order valence-electron chi connectivity index (χ1n) is 10.9. The van der Waals surface area contributed by atoms with Crippen molar-refractivity contribution in [2.75, 3.05) is 18.5 Å². The van der Waals surface area contributed by atoms with Crippen molar-refractivity contribution in [1.29, 1.82) is 0 Å². The molecule has 168 valence electrons. The summed E-state index contributed by atoms with van der Waals surface area (Å²) < 4.78 is 8.39. The number of nitrogens with one attached hydrogen (secondary N) is 1. The van der Waals surface area contributed by atoms with Gasteiger partial charge in [-0.2, -0.15) is 9.78 Å². The van der Waals surface area contributed by atoms with Gasteiger partial charge in [0.1, 0.15) is 6.33 Å². The van der Waals surface area contributed by atoms with E-state index in [2.05, 4.69) is 24.3 Å². The number of carbonyl (C=O) groups excluding carboxylic acids is 1. The van der Waals surface area contributed by atoms with Crippen LogP contribution in [0, 0.1) is 11.8 Å². The van der Waals surface area contributed by atoms with Crippen molar-refractivity contribution < 1.29 is 9.53 Å². The third-order valence-corrected chi connectivity index (χ3v) is 6.30. The molecule has 3 aromatic rings. The number of nitrogens with zero attached hydrogens (tertiary/aromatic N) is 3. The Kier molecular flexibility index (Phi) is 7.12. The van der Waals surface area contributed by atoms with Crippen molar-refractivity contribution >= 4 is 23.4 Å². The highest BCUT2D eigenvalue weighted by atomic mass is 32.2. The number of anilines is 1. The van der Waals surface area contributed by atoms with Gasteiger partial charge in [-0.05, 0) is 61.2 Å². The molecule has 0 unspecified atom stereocenters. The number of ether oxygens (including phenoxy) is 1. The average Bonchev–Trinajstić information content (AvgIpc) is 3.14. The van der Waals surface area contributed by atoms with Crippen LogP contribution in [-0.4, -0.2) is 33.5 Å². The molecule has 1 fully saturated rings. The van der Waals surface area contributed by atoms with Gasteiger partial charge in [0, 0.05) is 41.2 Å². The molecular weight excluding hydrogens is 424 g/mol. The quantitative estimate of drug-likeness (QED) is 0.581. The van der Waals surface area contributed by atoms with Crippen molar-refractivity contribution in [2.45, 2.75) is 43.0 Å². The van der Waals surface area contributed by atoms with Crippen LogP contribution in [-0.2, 0) is 16.1 Å². The van der Waals surface area contributed by atoms with Gasteiger partial charge in [-0.1, -0.05) is 31.7 Å². The molecule has 1 aromatic heterocycles. The summed E-state index contributed by atoms with van der Waals surface area (Å²) in [7, 11) is 0. The molecule has 0 radical (unpaired) electrons. The maximum absolute atomic E-state index is 12.5. The number of carbonyl (C=O) groups is 1. The maximum atomic E-state index is 12.5. The third-order valence-electron chi connectivity index (χ3n) is 5.31. The van der Waals surface area contributed by atoms with Crippen LogP contribution < -0.4 is 11.0 Å². The van der Waals surface area contributed by atoms with Crippen molar-refractivity contribution in [2.24, 2.45) is 11.8 Å². The number of rotatable bonds is 7. The first-order valence-corrected chi connectivity index (χ1v) is 11.7. The normalized spacial score (nSPS) is 14.6. The van der Waals surface area contributed by atoms with Crippen molar-refractivity contribution in [3.63, 3.8) is 0 Å². The molecule has 7 nitrogen and oxygen atoms in total. The summed E-state index contributed by atoms with van der Waals surface area (Å²) in [4.78, 5) is 27.1. The Morgan fingerprint density at radius 3 is 2.62 bits per heavy atom. The van der Waals surface area contributed by atoms with E-state index in [1.807, 2.05) is 48.5 Å². The molecule has 1 N–H and O–H groups in total. The van der Waals surface area contributed by atoms with E-state index in [0.717, 1.165) is 34.0 Å². The third kappa shape index (κ3) is 5.49. The van der Waals surface area contributed by atoms with Crippen LogP contribution in [0.2, 0.25) is 0 Å². The lowest BCUT2D eigenvalue weighted by molar-refractivity contribution is -0.122. The fourth-order valence-corrected chi connectivity index (χ4v) is 4.54. The molecule has 0 spiro atoms. The Morgan fingerprint density at radius 1 is 1.16 bits per heavy atom. The zero-order valence-electron chi connectivity index (χ0n) is 18.4. The van der Waals surface area contributed by atoms with Gasteiger partial charge in [-0.15, -0.1) is 0 Å². The fraction of sp³-hybridized carbons (Fsp3) is 0.375. The van der Waals surface area contributed by atoms with E-state index >= 15 is 0 Å². The van der Waals surface area contributed by atoms with Gasteiger partial charge in [0.25, 0.3) is 0 Å². The first-order chi connectivity index (χ1) is 15.5. The SMILES string of the molecule is CC(C)Cn1cnn(-c2ccc(Sc3cccc(NC(=O)C4CCOCC4)c3)cc2)c1=O. The number of benzene rings is 2. The van der Waals surface area contributed by atoms with E-state index in [1.54, 1.807) is 22.7 Å². The van der Waals surface area contributed by atoms with Crippen molar-refractivity contribution in [3.8, 4) is 5.69 Å². The van der Waals surface area contributed by atoms with Gasteiger partial charge in [0.2, 0.25) is 5.91 Å². The number of amides is 1. The van der Waals surface area contributed by atoms with E-state index in [1.165, 1.54) is 4.68 Å². The molecule has 32 heavy (non-hydrogen) atoms. The summed E-state index contributed by atoms with van der Waals surface area (Å²) in [6.07, 6.45) is 3.13. The smallest absolute Gasteiger partial charge is 0.350 e. The lowest BCUT2D eigenvalue weighted by Gasteiger charge is -2.21. The van der Waals surface area contributed by atoms with Crippen LogP contribution >= 0.6 is 11.8 Å². The second-order valence-electron chi connectivity index (χ2n) is 8.37. The molecule has 8 heteroatoms. The van der Waals surface area contributed by atoms with Gasteiger partial charge in [-0.3, -0.25) is 9.36 Å². The molecule has 1 amide bonds. The summed E-state index contributed by atoms with van der Waals surface area (Å²) in [5, 5.41) is 7.28. The largest absolute Gasteiger partial charge is 0.381 e. The van der Waals surface area contributed by atoms with Gasteiger partial charge in [0.05, 0.1) is 5.69 Å². The topological polar surface area (TPSA) is 78.2 Å². The van der Waals surface area contributed by atoms with E-state index in [9.17, 15) is 9.59 Å². The monoisotopic (exact) mass is 452 g/mol.